The molecule has 2 saturated heterocycles. The summed E-state index contributed by atoms with van der Waals surface area (Å²) in [5, 5.41) is 10.0. The first-order chi connectivity index (χ1) is 10.6. The molecule has 0 aromatic heterocycles. The number of benzene rings is 1. The second-order valence-electron chi connectivity index (χ2n) is 5.89. The van der Waals surface area contributed by atoms with Crippen LogP contribution in [-0.4, -0.2) is 47.0 Å². The maximum Gasteiger partial charge on any atom is 0.339 e. The van der Waals surface area contributed by atoms with Gasteiger partial charge < -0.3 is 14.7 Å². The van der Waals surface area contributed by atoms with Gasteiger partial charge in [-0.2, -0.15) is 0 Å². The molecule has 2 fully saturated rings. The molecule has 1 aromatic carbocycles. The number of rotatable bonds is 3. The monoisotopic (exact) mass is 369 g/mol. The summed E-state index contributed by atoms with van der Waals surface area (Å²) in [6.45, 7) is 0. The summed E-state index contributed by atoms with van der Waals surface area (Å²) in [6.07, 6.45) is 2.94. The first-order valence-electron chi connectivity index (χ1n) is 7.68. The van der Waals surface area contributed by atoms with Gasteiger partial charge in [0.25, 0.3) is 0 Å². The molecular weight excluding hydrogens is 346 g/mol. The minimum absolute atomic E-state index is 0.0467. The lowest BCUT2D eigenvalue weighted by molar-refractivity contribution is -0.162. The maximum absolute atomic E-state index is 12.0. The standard InChI is InChI=1S/C16H21NO3.CH3Br/c1-17-12-7-8-13(17)10-14(9-12)20-16(19)15(18)11-5-3-2-4-6-11;1-2/h2-6,12-15,18H,7-10H2,1H3;1H3. The Kier molecular flexibility index (Phi) is 6.41. The van der Waals surface area contributed by atoms with Gasteiger partial charge in [0, 0.05) is 12.1 Å². The highest BCUT2D eigenvalue weighted by molar-refractivity contribution is 9.08. The van der Waals surface area contributed by atoms with Gasteiger partial charge in [-0.25, -0.2) is 4.79 Å². The van der Waals surface area contributed by atoms with E-state index in [-0.39, 0.29) is 6.10 Å². The van der Waals surface area contributed by atoms with Gasteiger partial charge in [0.2, 0.25) is 0 Å². The van der Waals surface area contributed by atoms with Crippen LogP contribution in [0, 0.1) is 0 Å². The van der Waals surface area contributed by atoms with Crippen molar-refractivity contribution in [3.8, 4) is 0 Å². The maximum atomic E-state index is 12.0. The Balaban J connectivity index is 0.000000847. The number of nitrogens with zero attached hydrogens (tertiary/aromatic N) is 1. The number of alkyl halides is 1. The molecule has 0 saturated carbocycles. The number of piperidine rings is 1. The molecule has 2 aliphatic heterocycles. The number of esters is 1. The van der Waals surface area contributed by atoms with Crippen molar-refractivity contribution in [2.24, 2.45) is 0 Å². The van der Waals surface area contributed by atoms with Gasteiger partial charge in [0.05, 0.1) is 0 Å². The summed E-state index contributed by atoms with van der Waals surface area (Å²) in [4.78, 5) is 14.4. The number of hydrogen-bond donors (Lipinski definition) is 1. The number of ether oxygens (including phenoxy) is 1. The summed E-state index contributed by atoms with van der Waals surface area (Å²) in [6, 6.07) is 10.0. The third kappa shape index (κ3) is 3.89. The fraction of sp³-hybridized carbons (Fsp3) is 0.588. The molecule has 3 rings (SSSR count). The van der Waals surface area contributed by atoms with Gasteiger partial charge in [-0.3, -0.25) is 0 Å². The Morgan fingerprint density at radius 2 is 1.77 bits per heavy atom. The molecule has 0 spiro atoms. The summed E-state index contributed by atoms with van der Waals surface area (Å²) < 4.78 is 5.52. The van der Waals surface area contributed by atoms with E-state index in [1.807, 2.05) is 24.0 Å². The zero-order valence-corrected chi connectivity index (χ0v) is 14.7. The first kappa shape index (κ1) is 17.4. The zero-order valence-electron chi connectivity index (χ0n) is 13.1. The predicted molar refractivity (Wildman–Crippen MR) is 89.9 cm³/mol. The van der Waals surface area contributed by atoms with Crippen LogP contribution in [0.15, 0.2) is 30.3 Å². The molecule has 22 heavy (non-hydrogen) atoms. The topological polar surface area (TPSA) is 49.8 Å². The van der Waals surface area contributed by atoms with Crippen molar-refractivity contribution in [3.05, 3.63) is 35.9 Å². The lowest BCUT2D eigenvalue weighted by atomic mass is 10.0. The Morgan fingerprint density at radius 3 is 2.32 bits per heavy atom. The number of hydrogen-bond acceptors (Lipinski definition) is 4. The van der Waals surface area contributed by atoms with Gasteiger partial charge in [0.1, 0.15) is 6.10 Å². The fourth-order valence-electron chi connectivity index (χ4n) is 3.46. The van der Waals surface area contributed by atoms with Gasteiger partial charge >= 0.3 is 5.97 Å². The Bertz CT molecular complexity index is 468. The van der Waals surface area contributed by atoms with Crippen molar-refractivity contribution in [1.82, 2.24) is 4.90 Å². The molecule has 2 aliphatic rings. The molecule has 5 heteroatoms. The van der Waals surface area contributed by atoms with Crippen LogP contribution >= 0.6 is 15.9 Å². The molecule has 0 amide bonds. The summed E-state index contributed by atoms with van der Waals surface area (Å²) in [7, 11) is 2.15. The fourth-order valence-corrected chi connectivity index (χ4v) is 3.46. The number of fused-ring (bicyclic) bond motifs is 2. The minimum atomic E-state index is -1.17. The number of carbonyl (C=O) groups is 1. The van der Waals surface area contributed by atoms with E-state index in [1.165, 1.54) is 12.8 Å². The van der Waals surface area contributed by atoms with E-state index in [1.54, 1.807) is 12.1 Å². The lowest BCUT2D eigenvalue weighted by Gasteiger charge is -2.36. The van der Waals surface area contributed by atoms with Crippen molar-refractivity contribution in [2.75, 3.05) is 12.9 Å². The van der Waals surface area contributed by atoms with E-state index in [4.69, 9.17) is 4.74 Å². The highest BCUT2D eigenvalue weighted by atomic mass is 79.9. The van der Waals surface area contributed by atoms with E-state index in [0.717, 1.165) is 12.8 Å². The SMILES string of the molecule is CBr.CN1C2CCC1CC(OC(=O)C(O)c1ccccc1)C2. The van der Waals surface area contributed by atoms with Crippen molar-refractivity contribution in [3.63, 3.8) is 0 Å². The van der Waals surface area contributed by atoms with Gasteiger partial charge in [-0.1, -0.05) is 46.3 Å². The van der Waals surface area contributed by atoms with E-state index in [2.05, 4.69) is 27.9 Å². The van der Waals surface area contributed by atoms with Gasteiger partial charge in [-0.15, -0.1) is 0 Å². The molecule has 2 heterocycles. The van der Waals surface area contributed by atoms with Crippen LogP contribution in [0.25, 0.3) is 0 Å². The molecule has 122 valence electrons. The molecule has 2 bridgehead atoms. The van der Waals surface area contributed by atoms with Crippen LogP contribution in [0.4, 0.5) is 0 Å². The summed E-state index contributed by atoms with van der Waals surface area (Å²) in [5.41, 5.74) is 0.591. The number of aliphatic hydroxyl groups is 1. The van der Waals surface area contributed by atoms with Crippen LogP contribution < -0.4 is 0 Å². The van der Waals surface area contributed by atoms with E-state index >= 15 is 0 Å². The highest BCUT2D eigenvalue weighted by Crippen LogP contribution is 2.35. The zero-order chi connectivity index (χ0) is 16.1. The third-order valence-corrected chi connectivity index (χ3v) is 4.68. The summed E-state index contributed by atoms with van der Waals surface area (Å²) >= 11 is 2.94. The summed E-state index contributed by atoms with van der Waals surface area (Å²) in [5.74, 6) is 1.29. The predicted octanol–water partition coefficient (Wildman–Crippen LogP) is 2.90. The second-order valence-corrected chi connectivity index (χ2v) is 5.89. The van der Waals surface area contributed by atoms with Crippen LogP contribution in [-0.2, 0) is 9.53 Å². The molecule has 3 atom stereocenters. The average Bonchev–Trinajstić information content (AvgIpc) is 2.78. The minimum Gasteiger partial charge on any atom is -0.460 e. The van der Waals surface area contributed by atoms with E-state index in [9.17, 15) is 9.90 Å². The third-order valence-electron chi connectivity index (χ3n) is 4.68. The van der Waals surface area contributed by atoms with Crippen molar-refractivity contribution in [2.45, 2.75) is 50.0 Å². The molecule has 3 unspecified atom stereocenters. The Morgan fingerprint density at radius 1 is 1.23 bits per heavy atom. The molecule has 1 N–H and O–H groups in total. The molecular formula is C17H24BrNO3. The second kappa shape index (κ2) is 8.09. The van der Waals surface area contributed by atoms with Gasteiger partial charge in [0.15, 0.2) is 6.10 Å². The normalized spacial score (nSPS) is 28.5. The molecule has 0 radical (unpaired) electrons. The Hall–Kier alpha value is -0.910. The van der Waals surface area contributed by atoms with Crippen molar-refractivity contribution >= 4 is 21.9 Å². The van der Waals surface area contributed by atoms with Crippen LogP contribution in [0.2, 0.25) is 0 Å². The van der Waals surface area contributed by atoms with Gasteiger partial charge in [-0.05, 0) is 44.1 Å². The van der Waals surface area contributed by atoms with Crippen LogP contribution in [0.3, 0.4) is 0 Å². The molecule has 0 aliphatic carbocycles. The molecule has 4 nitrogen and oxygen atoms in total. The van der Waals surface area contributed by atoms with Crippen LogP contribution in [0.5, 0.6) is 0 Å². The quantitative estimate of drug-likeness (QED) is 0.657. The van der Waals surface area contributed by atoms with Crippen molar-refractivity contribution in [1.29, 1.82) is 0 Å². The lowest BCUT2D eigenvalue weighted by Crippen LogP contribution is -2.43. The van der Waals surface area contributed by atoms with E-state index < -0.39 is 12.1 Å². The number of aliphatic hydroxyl groups excluding tert-OH is 1. The number of carbonyl (C=O) groups excluding carboxylic acids is 1. The van der Waals surface area contributed by atoms with E-state index in [0.29, 0.717) is 17.6 Å². The average molecular weight is 370 g/mol. The Labute approximate surface area is 140 Å². The van der Waals surface area contributed by atoms with Crippen LogP contribution in [0.1, 0.15) is 37.4 Å². The number of halogens is 1. The smallest absolute Gasteiger partial charge is 0.339 e. The molecule has 1 aromatic rings. The van der Waals surface area contributed by atoms with Crippen molar-refractivity contribution < 1.29 is 14.6 Å². The largest absolute Gasteiger partial charge is 0.460 e. The highest BCUT2D eigenvalue weighted by Gasteiger charge is 2.40. The first-order valence-corrected chi connectivity index (χ1v) is 9.27.